The summed E-state index contributed by atoms with van der Waals surface area (Å²) < 4.78 is 52.4. The minimum atomic E-state index is -4.39. The molecule has 0 saturated carbocycles. The predicted molar refractivity (Wildman–Crippen MR) is 68.4 cm³/mol. The van der Waals surface area contributed by atoms with Gasteiger partial charge in [0, 0.05) is 6.20 Å². The van der Waals surface area contributed by atoms with Crippen LogP contribution in [0.3, 0.4) is 0 Å². The molecule has 0 aliphatic heterocycles. The van der Waals surface area contributed by atoms with Crippen molar-refractivity contribution in [2.75, 3.05) is 4.72 Å². The fourth-order valence-electron chi connectivity index (χ4n) is 1.50. The molecule has 2 rings (SSSR count). The highest BCUT2D eigenvalue weighted by atomic mass is 32.2. The summed E-state index contributed by atoms with van der Waals surface area (Å²) in [5.74, 6) is -3.40. The molecule has 0 saturated heterocycles. The molecule has 2 aromatic rings. The van der Waals surface area contributed by atoms with Gasteiger partial charge in [-0.25, -0.2) is 27.0 Å². The first-order chi connectivity index (χ1) is 9.79. The van der Waals surface area contributed by atoms with Crippen LogP contribution in [-0.4, -0.2) is 24.5 Å². The van der Waals surface area contributed by atoms with Gasteiger partial charge in [-0.3, -0.25) is 4.72 Å². The molecule has 0 aliphatic carbocycles. The number of hydrogen-bond acceptors (Lipinski definition) is 4. The fourth-order valence-corrected chi connectivity index (χ4v) is 2.64. The van der Waals surface area contributed by atoms with E-state index in [0.29, 0.717) is 12.1 Å². The van der Waals surface area contributed by atoms with E-state index in [9.17, 15) is 22.0 Å². The molecule has 0 unspecified atom stereocenters. The zero-order valence-corrected chi connectivity index (χ0v) is 11.1. The Bertz CT molecular complexity index is 809. The quantitative estimate of drug-likeness (QED) is 0.898. The Labute approximate surface area is 118 Å². The van der Waals surface area contributed by atoms with E-state index in [1.54, 1.807) is 0 Å². The Morgan fingerprint density at radius 3 is 2.57 bits per heavy atom. The number of hydrogen-bond donors (Lipinski definition) is 2. The second kappa shape index (κ2) is 5.44. The van der Waals surface area contributed by atoms with Crippen molar-refractivity contribution in [3.63, 3.8) is 0 Å². The van der Waals surface area contributed by atoms with Crippen LogP contribution in [0, 0.1) is 11.6 Å². The van der Waals surface area contributed by atoms with Crippen LogP contribution in [0.15, 0.2) is 41.4 Å². The van der Waals surface area contributed by atoms with E-state index in [-0.39, 0.29) is 5.69 Å². The third kappa shape index (κ3) is 3.31. The maximum Gasteiger partial charge on any atom is 0.354 e. The summed E-state index contributed by atoms with van der Waals surface area (Å²) in [6, 6.07) is 4.12. The third-order valence-electron chi connectivity index (χ3n) is 2.41. The number of pyridine rings is 1. The summed E-state index contributed by atoms with van der Waals surface area (Å²) in [5, 5.41) is 8.76. The van der Waals surface area contributed by atoms with Crippen LogP contribution in [0.2, 0.25) is 0 Å². The lowest BCUT2D eigenvalue weighted by Crippen LogP contribution is -2.15. The topological polar surface area (TPSA) is 96.4 Å². The molecule has 0 aliphatic rings. The zero-order chi connectivity index (χ0) is 15.6. The number of nitrogens with one attached hydrogen (secondary N) is 1. The highest BCUT2D eigenvalue weighted by molar-refractivity contribution is 7.92. The summed E-state index contributed by atoms with van der Waals surface area (Å²) in [5.41, 5.74) is -0.527. The summed E-state index contributed by atoms with van der Waals surface area (Å²) in [6.45, 7) is 0. The van der Waals surface area contributed by atoms with Crippen LogP contribution in [0.25, 0.3) is 0 Å². The lowest BCUT2D eigenvalue weighted by molar-refractivity contribution is 0.0690. The van der Waals surface area contributed by atoms with Gasteiger partial charge in [0.15, 0.2) is 0 Å². The molecule has 110 valence electrons. The highest BCUT2D eigenvalue weighted by Crippen LogP contribution is 2.20. The molecule has 0 fully saturated rings. The molecule has 0 spiro atoms. The van der Waals surface area contributed by atoms with Gasteiger partial charge in [0.1, 0.15) is 22.2 Å². The monoisotopic (exact) mass is 314 g/mol. The van der Waals surface area contributed by atoms with Gasteiger partial charge in [0.2, 0.25) is 0 Å². The molecule has 0 radical (unpaired) electrons. The standard InChI is InChI=1S/C12H8F2N2O4S/c13-7-1-2-9(14)11(5-7)21(19,20)16-8-3-4-15-10(6-8)12(17)18/h1-6H,(H,15,16)(H,17,18). The number of carbonyl (C=O) groups is 1. The van der Waals surface area contributed by atoms with Gasteiger partial charge >= 0.3 is 5.97 Å². The maximum absolute atomic E-state index is 13.5. The van der Waals surface area contributed by atoms with Crippen LogP contribution in [-0.2, 0) is 10.0 Å². The summed E-state index contributed by atoms with van der Waals surface area (Å²) >= 11 is 0. The van der Waals surface area contributed by atoms with Gasteiger partial charge in [-0.05, 0) is 30.3 Å². The molecule has 9 heteroatoms. The van der Waals surface area contributed by atoms with Crippen LogP contribution < -0.4 is 4.72 Å². The van der Waals surface area contributed by atoms with Crippen LogP contribution in [0.1, 0.15) is 10.5 Å². The van der Waals surface area contributed by atoms with E-state index in [4.69, 9.17) is 5.11 Å². The molecule has 21 heavy (non-hydrogen) atoms. The number of aromatic carboxylic acids is 1. The highest BCUT2D eigenvalue weighted by Gasteiger charge is 2.20. The number of anilines is 1. The van der Waals surface area contributed by atoms with Crippen molar-refractivity contribution in [2.45, 2.75) is 4.90 Å². The second-order valence-electron chi connectivity index (χ2n) is 3.92. The van der Waals surface area contributed by atoms with Crippen molar-refractivity contribution in [1.82, 2.24) is 4.98 Å². The lowest BCUT2D eigenvalue weighted by Gasteiger charge is -2.09. The minimum absolute atomic E-state index is 0.133. The Morgan fingerprint density at radius 2 is 1.90 bits per heavy atom. The van der Waals surface area contributed by atoms with Crippen molar-refractivity contribution in [3.8, 4) is 0 Å². The van der Waals surface area contributed by atoms with Crippen molar-refractivity contribution >= 4 is 21.7 Å². The minimum Gasteiger partial charge on any atom is -0.477 e. The molecule has 0 bridgehead atoms. The first-order valence-electron chi connectivity index (χ1n) is 5.47. The van der Waals surface area contributed by atoms with E-state index in [1.165, 1.54) is 6.07 Å². The average molecular weight is 314 g/mol. The average Bonchev–Trinajstić information content (AvgIpc) is 2.41. The Kier molecular flexibility index (Phi) is 3.85. The molecule has 1 aromatic heterocycles. The first kappa shape index (κ1) is 14.9. The summed E-state index contributed by atoms with van der Waals surface area (Å²) in [4.78, 5) is 13.4. The van der Waals surface area contributed by atoms with Crippen molar-refractivity contribution in [3.05, 3.63) is 53.9 Å². The fraction of sp³-hybridized carbons (Fsp3) is 0. The molecule has 1 aromatic carbocycles. The molecular weight excluding hydrogens is 306 g/mol. The Hall–Kier alpha value is -2.55. The first-order valence-corrected chi connectivity index (χ1v) is 6.95. The molecule has 1 heterocycles. The molecule has 6 nitrogen and oxygen atoms in total. The van der Waals surface area contributed by atoms with Crippen molar-refractivity contribution in [2.24, 2.45) is 0 Å². The summed E-state index contributed by atoms with van der Waals surface area (Å²) in [7, 11) is -4.39. The number of aromatic nitrogens is 1. The largest absolute Gasteiger partial charge is 0.477 e. The number of rotatable bonds is 4. The van der Waals surface area contributed by atoms with Gasteiger partial charge in [-0.2, -0.15) is 0 Å². The van der Waals surface area contributed by atoms with Crippen LogP contribution >= 0.6 is 0 Å². The number of sulfonamides is 1. The van der Waals surface area contributed by atoms with Crippen LogP contribution in [0.4, 0.5) is 14.5 Å². The zero-order valence-electron chi connectivity index (χ0n) is 10.2. The van der Waals surface area contributed by atoms with Crippen molar-refractivity contribution < 1.29 is 27.1 Å². The van der Waals surface area contributed by atoms with Crippen LogP contribution in [0.5, 0.6) is 0 Å². The van der Waals surface area contributed by atoms with Gasteiger partial charge in [-0.15, -0.1) is 0 Å². The summed E-state index contributed by atoms with van der Waals surface area (Å²) in [6.07, 6.45) is 1.07. The van der Waals surface area contributed by atoms with Gasteiger partial charge < -0.3 is 5.11 Å². The normalized spacial score (nSPS) is 11.1. The molecule has 2 N–H and O–H groups in total. The molecule has 0 atom stereocenters. The SMILES string of the molecule is O=C(O)c1cc(NS(=O)(=O)c2cc(F)ccc2F)ccn1. The number of halogens is 2. The van der Waals surface area contributed by atoms with E-state index < -0.39 is 38.2 Å². The van der Waals surface area contributed by atoms with E-state index in [2.05, 4.69) is 4.98 Å². The van der Waals surface area contributed by atoms with E-state index >= 15 is 0 Å². The Morgan fingerprint density at radius 1 is 1.19 bits per heavy atom. The number of nitrogens with zero attached hydrogens (tertiary/aromatic N) is 1. The predicted octanol–water partition coefficient (Wildman–Crippen LogP) is 1.86. The third-order valence-corrected chi connectivity index (χ3v) is 3.81. The van der Waals surface area contributed by atoms with E-state index in [0.717, 1.165) is 18.3 Å². The smallest absolute Gasteiger partial charge is 0.354 e. The molecular formula is C12H8F2N2O4S. The van der Waals surface area contributed by atoms with Gasteiger partial charge in [0.25, 0.3) is 10.0 Å². The van der Waals surface area contributed by atoms with Gasteiger partial charge in [-0.1, -0.05) is 0 Å². The number of carboxylic acids is 1. The lowest BCUT2D eigenvalue weighted by atomic mass is 10.3. The molecule has 0 amide bonds. The van der Waals surface area contributed by atoms with Crippen molar-refractivity contribution in [1.29, 1.82) is 0 Å². The van der Waals surface area contributed by atoms with E-state index in [1.807, 2.05) is 4.72 Å². The second-order valence-corrected chi connectivity index (χ2v) is 5.57. The van der Waals surface area contributed by atoms with Gasteiger partial charge in [0.05, 0.1) is 5.69 Å². The Balaban J connectivity index is 2.40. The number of benzene rings is 1. The number of carboxylic acid groups (broad SMARTS) is 1. The maximum atomic E-state index is 13.5.